The van der Waals surface area contributed by atoms with Crippen molar-refractivity contribution >= 4 is 31.6 Å². The van der Waals surface area contributed by atoms with E-state index >= 15 is 0 Å². The van der Waals surface area contributed by atoms with Crippen molar-refractivity contribution in [2.24, 2.45) is 0 Å². The molecule has 0 saturated carbocycles. The zero-order valence-electron chi connectivity index (χ0n) is 10.1. The molecule has 0 fully saturated rings. The van der Waals surface area contributed by atoms with Crippen molar-refractivity contribution in [2.75, 3.05) is 5.73 Å². The molecular weight excluding hydrogens is 332 g/mol. The smallest absolute Gasteiger partial charge is 0.241 e. The van der Waals surface area contributed by atoms with E-state index in [1.54, 1.807) is 25.3 Å². The maximum absolute atomic E-state index is 12.2. The highest BCUT2D eigenvalue weighted by atomic mass is 79.9. The van der Waals surface area contributed by atoms with Gasteiger partial charge in [0.05, 0.1) is 17.1 Å². The number of nitrogens with two attached hydrogens (primary N) is 1. The standard InChI is InChI=1S/C11H13BrN4O2S/c1-7-4-9(12)10(13)5-11(7)19(17,18)15-6-8-2-3-14-16-8/h2-5,15H,6,13H2,1H3,(H,14,16). The van der Waals surface area contributed by atoms with Gasteiger partial charge in [-0.15, -0.1) is 0 Å². The number of aromatic amines is 1. The number of nitrogens with one attached hydrogen (secondary N) is 2. The molecule has 0 atom stereocenters. The number of aryl methyl sites for hydroxylation is 1. The molecule has 2 aromatic rings. The first-order chi connectivity index (χ1) is 8.90. The van der Waals surface area contributed by atoms with E-state index in [1.807, 2.05) is 0 Å². The molecule has 1 aromatic heterocycles. The van der Waals surface area contributed by atoms with Crippen LogP contribution in [-0.2, 0) is 16.6 Å². The Balaban J connectivity index is 2.27. The fourth-order valence-electron chi connectivity index (χ4n) is 1.59. The van der Waals surface area contributed by atoms with E-state index in [-0.39, 0.29) is 11.4 Å². The van der Waals surface area contributed by atoms with E-state index in [4.69, 9.17) is 5.73 Å². The Labute approximate surface area is 119 Å². The fraction of sp³-hybridized carbons (Fsp3) is 0.182. The molecule has 1 heterocycles. The lowest BCUT2D eigenvalue weighted by Crippen LogP contribution is -2.24. The molecule has 0 aliphatic rings. The zero-order valence-corrected chi connectivity index (χ0v) is 12.5. The minimum Gasteiger partial charge on any atom is -0.398 e. The topological polar surface area (TPSA) is 101 Å². The highest BCUT2D eigenvalue weighted by molar-refractivity contribution is 9.10. The van der Waals surface area contributed by atoms with Gasteiger partial charge in [-0.25, -0.2) is 13.1 Å². The number of nitrogens with zero attached hydrogens (tertiary/aromatic N) is 1. The largest absolute Gasteiger partial charge is 0.398 e. The minimum absolute atomic E-state index is 0.151. The highest BCUT2D eigenvalue weighted by Crippen LogP contribution is 2.26. The third-order valence-electron chi connectivity index (χ3n) is 2.59. The van der Waals surface area contributed by atoms with Crippen LogP contribution in [0.4, 0.5) is 5.69 Å². The predicted molar refractivity (Wildman–Crippen MR) is 75.9 cm³/mol. The quantitative estimate of drug-likeness (QED) is 0.732. The predicted octanol–water partition coefficient (Wildman–Crippen LogP) is 1.54. The van der Waals surface area contributed by atoms with Gasteiger partial charge in [0.1, 0.15) is 0 Å². The molecule has 2 rings (SSSR count). The van der Waals surface area contributed by atoms with E-state index in [0.29, 0.717) is 21.4 Å². The van der Waals surface area contributed by atoms with Gasteiger partial charge < -0.3 is 5.73 Å². The van der Waals surface area contributed by atoms with Crippen molar-refractivity contribution in [2.45, 2.75) is 18.4 Å². The zero-order chi connectivity index (χ0) is 14.0. The molecule has 0 radical (unpaired) electrons. The first-order valence-electron chi connectivity index (χ1n) is 5.43. The van der Waals surface area contributed by atoms with Gasteiger partial charge >= 0.3 is 0 Å². The molecule has 1 aromatic carbocycles. The van der Waals surface area contributed by atoms with Crippen molar-refractivity contribution in [1.82, 2.24) is 14.9 Å². The lowest BCUT2D eigenvalue weighted by Gasteiger charge is -2.10. The van der Waals surface area contributed by atoms with Gasteiger partial charge in [0, 0.05) is 16.4 Å². The van der Waals surface area contributed by atoms with E-state index < -0.39 is 10.0 Å². The molecule has 8 heteroatoms. The van der Waals surface area contributed by atoms with Crippen LogP contribution in [0.15, 0.2) is 33.8 Å². The van der Waals surface area contributed by atoms with Gasteiger partial charge in [-0.05, 0) is 46.6 Å². The summed E-state index contributed by atoms with van der Waals surface area (Å²) in [6, 6.07) is 4.82. The Bertz CT molecular complexity index is 683. The maximum Gasteiger partial charge on any atom is 0.241 e. The van der Waals surface area contributed by atoms with Gasteiger partial charge in [-0.3, -0.25) is 5.10 Å². The summed E-state index contributed by atoms with van der Waals surface area (Å²) >= 11 is 3.26. The van der Waals surface area contributed by atoms with Gasteiger partial charge in [0.25, 0.3) is 0 Å². The number of hydrogen-bond donors (Lipinski definition) is 3. The Morgan fingerprint density at radius 3 is 2.84 bits per heavy atom. The number of sulfonamides is 1. The molecule has 0 bridgehead atoms. The van der Waals surface area contributed by atoms with Crippen LogP contribution in [0.2, 0.25) is 0 Å². The molecule has 0 unspecified atom stereocenters. The summed E-state index contributed by atoms with van der Waals surface area (Å²) < 4.78 is 27.6. The lowest BCUT2D eigenvalue weighted by molar-refractivity contribution is 0.579. The molecule has 4 N–H and O–H groups in total. The van der Waals surface area contributed by atoms with Crippen molar-refractivity contribution in [3.8, 4) is 0 Å². The molecule has 6 nitrogen and oxygen atoms in total. The SMILES string of the molecule is Cc1cc(Br)c(N)cc1S(=O)(=O)NCc1ccn[nH]1. The molecule has 0 aliphatic heterocycles. The van der Waals surface area contributed by atoms with Crippen LogP contribution < -0.4 is 10.5 Å². The average molecular weight is 345 g/mol. The third-order valence-corrected chi connectivity index (χ3v) is 4.82. The van der Waals surface area contributed by atoms with Gasteiger partial charge in [0.15, 0.2) is 0 Å². The van der Waals surface area contributed by atoms with E-state index in [2.05, 4.69) is 30.8 Å². The first-order valence-corrected chi connectivity index (χ1v) is 7.71. The van der Waals surface area contributed by atoms with Gasteiger partial charge in [-0.1, -0.05) is 0 Å². The molecule has 19 heavy (non-hydrogen) atoms. The molecule has 0 saturated heterocycles. The van der Waals surface area contributed by atoms with Crippen LogP contribution in [0.1, 0.15) is 11.3 Å². The van der Waals surface area contributed by atoms with E-state index in [9.17, 15) is 8.42 Å². The number of rotatable bonds is 4. The van der Waals surface area contributed by atoms with E-state index in [1.165, 1.54) is 6.07 Å². The van der Waals surface area contributed by atoms with Crippen molar-refractivity contribution in [3.63, 3.8) is 0 Å². The van der Waals surface area contributed by atoms with Crippen molar-refractivity contribution in [1.29, 1.82) is 0 Å². The maximum atomic E-state index is 12.2. The number of halogens is 1. The molecule has 0 amide bonds. The molecule has 0 spiro atoms. The van der Waals surface area contributed by atoms with Gasteiger partial charge in [-0.2, -0.15) is 5.10 Å². The molecule has 0 aliphatic carbocycles. The fourth-order valence-corrected chi connectivity index (χ4v) is 3.32. The van der Waals surface area contributed by atoms with Crippen molar-refractivity contribution < 1.29 is 8.42 Å². The molecule has 102 valence electrons. The van der Waals surface area contributed by atoms with E-state index in [0.717, 1.165) is 0 Å². The number of nitrogen functional groups attached to an aromatic ring is 1. The van der Waals surface area contributed by atoms with Crippen LogP contribution in [0.3, 0.4) is 0 Å². The van der Waals surface area contributed by atoms with Crippen molar-refractivity contribution in [3.05, 3.63) is 40.1 Å². The summed E-state index contributed by atoms with van der Waals surface area (Å²) in [5.41, 5.74) is 7.41. The Morgan fingerprint density at radius 2 is 2.21 bits per heavy atom. The third kappa shape index (κ3) is 3.14. The van der Waals surface area contributed by atoms with Crippen LogP contribution in [0.25, 0.3) is 0 Å². The summed E-state index contributed by atoms with van der Waals surface area (Å²) in [5, 5.41) is 6.44. The Hall–Kier alpha value is -1.38. The second-order valence-electron chi connectivity index (χ2n) is 4.05. The summed E-state index contributed by atoms with van der Waals surface area (Å²) in [6.45, 7) is 1.87. The normalized spacial score (nSPS) is 11.7. The highest BCUT2D eigenvalue weighted by Gasteiger charge is 2.18. The van der Waals surface area contributed by atoms with Gasteiger partial charge in [0.2, 0.25) is 10.0 Å². The molecular formula is C11H13BrN4O2S. The van der Waals surface area contributed by atoms with Crippen LogP contribution in [-0.4, -0.2) is 18.6 Å². The van der Waals surface area contributed by atoms with Crippen LogP contribution >= 0.6 is 15.9 Å². The minimum atomic E-state index is -3.60. The number of H-pyrrole nitrogens is 1. The summed E-state index contributed by atoms with van der Waals surface area (Å²) in [7, 11) is -3.60. The summed E-state index contributed by atoms with van der Waals surface area (Å²) in [4.78, 5) is 0.174. The average Bonchev–Trinajstić information content (AvgIpc) is 2.84. The Morgan fingerprint density at radius 1 is 1.47 bits per heavy atom. The van der Waals surface area contributed by atoms with Crippen LogP contribution in [0, 0.1) is 6.92 Å². The second-order valence-corrected chi connectivity index (χ2v) is 6.64. The lowest BCUT2D eigenvalue weighted by atomic mass is 10.2. The summed E-state index contributed by atoms with van der Waals surface area (Å²) in [6.07, 6.45) is 1.56. The number of hydrogen-bond acceptors (Lipinski definition) is 4. The second kappa shape index (κ2) is 5.32. The number of benzene rings is 1. The summed E-state index contributed by atoms with van der Waals surface area (Å²) in [5.74, 6) is 0. The number of anilines is 1. The van der Waals surface area contributed by atoms with Crippen LogP contribution in [0.5, 0.6) is 0 Å². The first kappa shape index (κ1) is 14.0. The number of aromatic nitrogens is 2. The Kier molecular flexibility index (Phi) is 3.93. The monoisotopic (exact) mass is 344 g/mol.